The summed E-state index contributed by atoms with van der Waals surface area (Å²) >= 11 is 1.38. The molecule has 1 aliphatic carbocycles. The summed E-state index contributed by atoms with van der Waals surface area (Å²) < 4.78 is 7.69. The predicted molar refractivity (Wildman–Crippen MR) is 110 cm³/mol. The Kier molecular flexibility index (Phi) is 5.96. The fourth-order valence-electron chi connectivity index (χ4n) is 3.57. The lowest BCUT2D eigenvalue weighted by Gasteiger charge is -2.25. The summed E-state index contributed by atoms with van der Waals surface area (Å²) in [5.74, 6) is 1.51. The van der Waals surface area contributed by atoms with E-state index in [1.54, 1.807) is 30.5 Å². The van der Waals surface area contributed by atoms with Gasteiger partial charge in [0.2, 0.25) is 11.7 Å². The molecular weight excluding hydrogens is 386 g/mol. The second kappa shape index (κ2) is 8.97. The Labute approximate surface area is 173 Å². The molecule has 0 saturated heterocycles. The quantitative estimate of drug-likeness (QED) is 0.598. The van der Waals surface area contributed by atoms with Crippen molar-refractivity contribution in [2.45, 2.75) is 43.3 Å². The smallest absolute Gasteiger partial charge is 0.234 e. The van der Waals surface area contributed by atoms with Gasteiger partial charge in [-0.15, -0.1) is 10.2 Å². The average molecular weight is 407 g/mol. The lowest BCUT2D eigenvalue weighted by molar-refractivity contribution is -0.113. The Bertz CT molecular complexity index is 999. The van der Waals surface area contributed by atoms with E-state index in [-0.39, 0.29) is 11.7 Å². The molecular formula is C21H21N5O2S. The summed E-state index contributed by atoms with van der Waals surface area (Å²) in [6.07, 6.45) is 7.41. The number of carbonyl (C=O) groups excluding carboxylic acids is 1. The van der Waals surface area contributed by atoms with Gasteiger partial charge in [-0.1, -0.05) is 31.0 Å². The molecule has 148 valence electrons. The molecule has 0 aliphatic heterocycles. The van der Waals surface area contributed by atoms with Crippen molar-refractivity contribution in [3.63, 3.8) is 0 Å². The van der Waals surface area contributed by atoms with E-state index in [1.165, 1.54) is 31.0 Å². The number of furan rings is 1. The fraction of sp³-hybridized carbons (Fsp3) is 0.333. The number of hydrogen-bond donors (Lipinski definition) is 1. The molecule has 4 rings (SSSR count). The van der Waals surface area contributed by atoms with Gasteiger partial charge in [0, 0.05) is 11.7 Å². The number of amides is 1. The Morgan fingerprint density at radius 1 is 1.21 bits per heavy atom. The van der Waals surface area contributed by atoms with Gasteiger partial charge in [0.15, 0.2) is 10.9 Å². The molecule has 1 fully saturated rings. The zero-order chi connectivity index (χ0) is 20.1. The van der Waals surface area contributed by atoms with Gasteiger partial charge in [0.05, 0.1) is 23.6 Å². The number of benzene rings is 1. The highest BCUT2D eigenvalue weighted by Gasteiger charge is 2.25. The standard InChI is InChI=1S/C21H21N5O2S/c22-13-15-8-10-16(11-9-15)23-19(27)14-29-21-25-24-20(18-7-4-12-28-18)26(21)17-5-2-1-3-6-17/h4,7-12,17H,1-3,5-6,14H2,(H,23,27). The van der Waals surface area contributed by atoms with E-state index in [4.69, 9.17) is 9.68 Å². The summed E-state index contributed by atoms with van der Waals surface area (Å²) in [4.78, 5) is 12.4. The van der Waals surface area contributed by atoms with E-state index in [2.05, 4.69) is 26.2 Å². The zero-order valence-electron chi connectivity index (χ0n) is 15.9. The van der Waals surface area contributed by atoms with Crippen LogP contribution in [-0.4, -0.2) is 26.4 Å². The molecule has 1 saturated carbocycles. The van der Waals surface area contributed by atoms with Crippen LogP contribution in [0.4, 0.5) is 5.69 Å². The maximum absolute atomic E-state index is 12.4. The third-order valence-electron chi connectivity index (χ3n) is 4.98. The van der Waals surface area contributed by atoms with E-state index < -0.39 is 0 Å². The van der Waals surface area contributed by atoms with Crippen LogP contribution in [0.2, 0.25) is 0 Å². The molecule has 3 aromatic rings. The maximum Gasteiger partial charge on any atom is 0.234 e. The Morgan fingerprint density at radius 3 is 2.69 bits per heavy atom. The van der Waals surface area contributed by atoms with Crippen molar-refractivity contribution in [1.29, 1.82) is 5.26 Å². The summed E-state index contributed by atoms with van der Waals surface area (Å²) in [5.41, 5.74) is 1.23. The van der Waals surface area contributed by atoms with E-state index in [0.717, 1.165) is 23.8 Å². The molecule has 0 radical (unpaired) electrons. The second-order valence-electron chi connectivity index (χ2n) is 6.97. The number of nitriles is 1. The Hall–Kier alpha value is -3.05. The first kappa shape index (κ1) is 19.3. The van der Waals surface area contributed by atoms with Crippen LogP contribution in [0, 0.1) is 11.3 Å². The van der Waals surface area contributed by atoms with Gasteiger partial charge >= 0.3 is 0 Å². The zero-order valence-corrected chi connectivity index (χ0v) is 16.7. The van der Waals surface area contributed by atoms with E-state index in [0.29, 0.717) is 23.1 Å². The van der Waals surface area contributed by atoms with Crippen molar-refractivity contribution >= 4 is 23.4 Å². The minimum absolute atomic E-state index is 0.127. The third kappa shape index (κ3) is 4.51. The van der Waals surface area contributed by atoms with Crippen LogP contribution in [0.5, 0.6) is 0 Å². The normalized spacial score (nSPS) is 14.4. The van der Waals surface area contributed by atoms with Crippen LogP contribution in [0.15, 0.2) is 52.2 Å². The van der Waals surface area contributed by atoms with Gasteiger partial charge < -0.3 is 9.73 Å². The highest BCUT2D eigenvalue weighted by atomic mass is 32.2. The molecule has 8 heteroatoms. The van der Waals surface area contributed by atoms with Gasteiger partial charge in [0.1, 0.15) is 0 Å². The predicted octanol–water partition coefficient (Wildman–Crippen LogP) is 4.65. The number of anilines is 1. The summed E-state index contributed by atoms with van der Waals surface area (Å²) in [7, 11) is 0. The highest BCUT2D eigenvalue weighted by Crippen LogP contribution is 2.35. The minimum atomic E-state index is -0.127. The molecule has 1 aliphatic rings. The first-order valence-corrected chi connectivity index (χ1v) is 10.6. The molecule has 1 aromatic carbocycles. The van der Waals surface area contributed by atoms with Crippen molar-refractivity contribution in [2.24, 2.45) is 0 Å². The summed E-state index contributed by atoms with van der Waals surface area (Å²) in [5, 5.41) is 21.1. The van der Waals surface area contributed by atoms with Crippen molar-refractivity contribution in [1.82, 2.24) is 14.8 Å². The van der Waals surface area contributed by atoms with E-state index in [9.17, 15) is 4.79 Å². The molecule has 1 N–H and O–H groups in total. The monoisotopic (exact) mass is 407 g/mol. The second-order valence-corrected chi connectivity index (χ2v) is 7.91. The van der Waals surface area contributed by atoms with Crippen molar-refractivity contribution in [3.8, 4) is 17.7 Å². The SMILES string of the molecule is N#Cc1ccc(NC(=O)CSc2nnc(-c3ccco3)n2C2CCCCC2)cc1. The first-order valence-electron chi connectivity index (χ1n) is 9.66. The number of rotatable bonds is 6. The van der Waals surface area contributed by atoms with Gasteiger partial charge in [-0.05, 0) is 49.2 Å². The summed E-state index contributed by atoms with van der Waals surface area (Å²) in [6, 6.07) is 12.9. The topological polar surface area (TPSA) is 96.7 Å². The van der Waals surface area contributed by atoms with Crippen molar-refractivity contribution in [2.75, 3.05) is 11.1 Å². The first-order chi connectivity index (χ1) is 14.2. The molecule has 0 bridgehead atoms. The van der Waals surface area contributed by atoms with Crippen LogP contribution < -0.4 is 5.32 Å². The van der Waals surface area contributed by atoms with Crippen molar-refractivity contribution < 1.29 is 9.21 Å². The third-order valence-corrected chi connectivity index (χ3v) is 5.92. The highest BCUT2D eigenvalue weighted by molar-refractivity contribution is 7.99. The number of aromatic nitrogens is 3. The Balaban J connectivity index is 1.47. The van der Waals surface area contributed by atoms with E-state index >= 15 is 0 Å². The number of carbonyl (C=O) groups is 1. The average Bonchev–Trinajstić information content (AvgIpc) is 3.43. The van der Waals surface area contributed by atoms with Gasteiger partial charge in [0.25, 0.3) is 0 Å². The van der Waals surface area contributed by atoms with Gasteiger partial charge in [-0.3, -0.25) is 9.36 Å². The molecule has 2 aromatic heterocycles. The van der Waals surface area contributed by atoms with Crippen LogP contribution in [0.1, 0.15) is 43.7 Å². The number of thioether (sulfide) groups is 1. The van der Waals surface area contributed by atoms with Crippen LogP contribution in [0.3, 0.4) is 0 Å². The molecule has 0 spiro atoms. The van der Waals surface area contributed by atoms with E-state index in [1.807, 2.05) is 12.1 Å². The van der Waals surface area contributed by atoms with Crippen LogP contribution in [0.25, 0.3) is 11.6 Å². The lowest BCUT2D eigenvalue weighted by atomic mass is 9.95. The lowest BCUT2D eigenvalue weighted by Crippen LogP contribution is -2.17. The van der Waals surface area contributed by atoms with Crippen molar-refractivity contribution in [3.05, 3.63) is 48.2 Å². The molecule has 0 atom stereocenters. The largest absolute Gasteiger partial charge is 0.461 e. The van der Waals surface area contributed by atoms with Gasteiger partial charge in [-0.2, -0.15) is 5.26 Å². The fourth-order valence-corrected chi connectivity index (χ4v) is 4.38. The molecule has 1 amide bonds. The molecule has 7 nitrogen and oxygen atoms in total. The van der Waals surface area contributed by atoms with Crippen LogP contribution in [-0.2, 0) is 4.79 Å². The van der Waals surface area contributed by atoms with Gasteiger partial charge in [-0.25, -0.2) is 0 Å². The molecule has 29 heavy (non-hydrogen) atoms. The molecule has 2 heterocycles. The Morgan fingerprint density at radius 2 is 2.00 bits per heavy atom. The number of nitrogens with one attached hydrogen (secondary N) is 1. The number of hydrogen-bond acceptors (Lipinski definition) is 6. The summed E-state index contributed by atoms with van der Waals surface area (Å²) in [6.45, 7) is 0. The van der Waals surface area contributed by atoms with Crippen LogP contribution >= 0.6 is 11.8 Å². The maximum atomic E-state index is 12.4. The number of nitrogens with zero attached hydrogens (tertiary/aromatic N) is 4. The minimum Gasteiger partial charge on any atom is -0.461 e. The molecule has 0 unspecified atom stereocenters.